The summed E-state index contributed by atoms with van der Waals surface area (Å²) < 4.78 is 0. The van der Waals surface area contributed by atoms with E-state index in [1.54, 1.807) is 17.6 Å². The number of carbonyl (C=O) groups is 1. The lowest BCUT2D eigenvalue weighted by molar-refractivity contribution is -0.118. The summed E-state index contributed by atoms with van der Waals surface area (Å²) in [5.74, 6) is 0.00475. The van der Waals surface area contributed by atoms with E-state index < -0.39 is 0 Å². The van der Waals surface area contributed by atoms with E-state index in [-0.39, 0.29) is 11.2 Å². The molecule has 0 radical (unpaired) electrons. The summed E-state index contributed by atoms with van der Waals surface area (Å²) >= 11 is 3.05. The highest BCUT2D eigenvalue weighted by Gasteiger charge is 2.30. The number of hydrogen-bond donors (Lipinski definition) is 1. The van der Waals surface area contributed by atoms with Crippen LogP contribution in [0.15, 0.2) is 52.0 Å². The van der Waals surface area contributed by atoms with Gasteiger partial charge in [-0.3, -0.25) is 4.79 Å². The summed E-state index contributed by atoms with van der Waals surface area (Å²) in [7, 11) is 0. The summed E-state index contributed by atoms with van der Waals surface area (Å²) in [4.78, 5) is 13.2. The molecule has 25 heavy (non-hydrogen) atoms. The molecule has 1 amide bonds. The normalized spacial score (nSPS) is 19.0. The minimum atomic E-state index is -0.142. The van der Waals surface area contributed by atoms with Crippen molar-refractivity contribution in [3.05, 3.63) is 57.8 Å². The number of nitrogens with zero attached hydrogens (tertiary/aromatic N) is 2. The standard InChI is InChI=1S/C19H21N3OS2/c1-2-3-5-14-7-9-15(10-8-14)12-17-18(23)21-19(25-17)22-20-13-16-6-4-11-24-16/h4,6-11,13,17H,2-3,5,12H2,1H3,(H,21,22,23)/b20-13-. The first-order valence-electron chi connectivity index (χ1n) is 8.44. The second-order valence-corrected chi connectivity index (χ2v) is 8.06. The Bertz CT molecular complexity index is 751. The fourth-order valence-corrected chi connectivity index (χ4v) is 4.07. The van der Waals surface area contributed by atoms with Crippen LogP contribution in [0.25, 0.3) is 0 Å². The van der Waals surface area contributed by atoms with Crippen molar-refractivity contribution in [3.63, 3.8) is 0 Å². The van der Waals surface area contributed by atoms with Crippen LogP contribution in [0.5, 0.6) is 0 Å². The maximum Gasteiger partial charge on any atom is 0.239 e. The Morgan fingerprint density at radius 3 is 2.72 bits per heavy atom. The first-order valence-corrected chi connectivity index (χ1v) is 10.2. The molecule has 3 rings (SSSR count). The molecular formula is C19H21N3OS2. The monoisotopic (exact) mass is 371 g/mol. The highest BCUT2D eigenvalue weighted by atomic mass is 32.2. The Kier molecular flexibility index (Phi) is 6.42. The lowest BCUT2D eigenvalue weighted by Gasteiger charge is -2.06. The zero-order valence-electron chi connectivity index (χ0n) is 14.1. The molecule has 1 N–H and O–H groups in total. The molecular weight excluding hydrogens is 350 g/mol. The summed E-state index contributed by atoms with van der Waals surface area (Å²) in [5.41, 5.74) is 2.54. The quantitative estimate of drug-likeness (QED) is 0.584. The topological polar surface area (TPSA) is 53.8 Å². The van der Waals surface area contributed by atoms with Gasteiger partial charge in [-0.05, 0) is 41.8 Å². The van der Waals surface area contributed by atoms with Gasteiger partial charge >= 0.3 is 0 Å². The average Bonchev–Trinajstić information content (AvgIpc) is 3.25. The number of thiophene rings is 1. The van der Waals surface area contributed by atoms with Crippen molar-refractivity contribution in [1.29, 1.82) is 0 Å². The number of rotatable bonds is 7. The van der Waals surface area contributed by atoms with Crippen LogP contribution in [0, 0.1) is 0 Å². The molecule has 1 aliphatic rings. The maximum atomic E-state index is 12.1. The van der Waals surface area contributed by atoms with Gasteiger partial charge in [0.05, 0.1) is 11.5 Å². The summed E-state index contributed by atoms with van der Waals surface area (Å²) in [6.45, 7) is 2.20. The Balaban J connectivity index is 1.55. The third-order valence-corrected chi connectivity index (χ3v) is 5.80. The number of benzene rings is 1. The summed E-state index contributed by atoms with van der Waals surface area (Å²) in [6.07, 6.45) is 5.95. The van der Waals surface area contributed by atoms with E-state index in [1.165, 1.54) is 35.7 Å². The van der Waals surface area contributed by atoms with E-state index in [2.05, 4.69) is 46.7 Å². The Hall–Kier alpha value is -1.92. The molecule has 1 atom stereocenters. The van der Waals surface area contributed by atoms with Gasteiger partial charge in [-0.1, -0.05) is 55.4 Å². The zero-order valence-corrected chi connectivity index (χ0v) is 15.8. The van der Waals surface area contributed by atoms with Crippen LogP contribution in [0.1, 0.15) is 35.8 Å². The number of aryl methyl sites for hydroxylation is 1. The van der Waals surface area contributed by atoms with Gasteiger partial charge < -0.3 is 5.32 Å². The molecule has 1 saturated heterocycles. The van der Waals surface area contributed by atoms with Gasteiger partial charge in [0, 0.05) is 4.88 Å². The molecule has 1 aromatic carbocycles. The molecule has 130 valence electrons. The van der Waals surface area contributed by atoms with E-state index in [0.717, 1.165) is 11.3 Å². The SMILES string of the molecule is CCCCc1ccc(CC2S/C(=N/N=C\c3cccs3)NC2=O)cc1. The Morgan fingerprint density at radius 2 is 2.00 bits per heavy atom. The van der Waals surface area contributed by atoms with Gasteiger partial charge in [0.2, 0.25) is 5.91 Å². The number of unbranched alkanes of at least 4 members (excludes halogenated alkanes) is 1. The molecule has 0 bridgehead atoms. The van der Waals surface area contributed by atoms with Crippen molar-refractivity contribution in [1.82, 2.24) is 5.32 Å². The number of amides is 1. The van der Waals surface area contributed by atoms with Crippen molar-refractivity contribution >= 4 is 40.4 Å². The van der Waals surface area contributed by atoms with Crippen LogP contribution in [0.4, 0.5) is 0 Å². The molecule has 2 aromatic rings. The molecule has 4 nitrogen and oxygen atoms in total. The van der Waals surface area contributed by atoms with Crippen LogP contribution in [-0.4, -0.2) is 22.5 Å². The minimum absolute atomic E-state index is 0.00475. The van der Waals surface area contributed by atoms with Crippen LogP contribution >= 0.6 is 23.1 Å². The highest BCUT2D eigenvalue weighted by molar-refractivity contribution is 8.15. The maximum absolute atomic E-state index is 12.1. The zero-order chi connectivity index (χ0) is 17.5. The Morgan fingerprint density at radius 1 is 1.20 bits per heavy atom. The number of carbonyl (C=O) groups excluding carboxylic acids is 1. The summed E-state index contributed by atoms with van der Waals surface area (Å²) in [6, 6.07) is 12.5. The van der Waals surface area contributed by atoms with E-state index in [4.69, 9.17) is 0 Å². The van der Waals surface area contributed by atoms with Crippen LogP contribution in [0.2, 0.25) is 0 Å². The predicted octanol–water partition coefficient (Wildman–Crippen LogP) is 4.25. The lowest BCUT2D eigenvalue weighted by Crippen LogP contribution is -2.25. The second-order valence-electron chi connectivity index (χ2n) is 5.89. The second kappa shape index (κ2) is 8.97. The van der Waals surface area contributed by atoms with Gasteiger partial charge in [-0.2, -0.15) is 5.10 Å². The number of nitrogens with one attached hydrogen (secondary N) is 1. The number of hydrogen-bond acceptors (Lipinski definition) is 5. The first-order chi connectivity index (χ1) is 12.2. The van der Waals surface area contributed by atoms with Crippen LogP contribution < -0.4 is 5.32 Å². The minimum Gasteiger partial charge on any atom is -0.303 e. The predicted molar refractivity (Wildman–Crippen MR) is 108 cm³/mol. The van der Waals surface area contributed by atoms with E-state index >= 15 is 0 Å². The fourth-order valence-electron chi connectivity index (χ4n) is 2.53. The Labute approximate surface area is 156 Å². The van der Waals surface area contributed by atoms with Crippen molar-refractivity contribution < 1.29 is 4.79 Å². The van der Waals surface area contributed by atoms with Gasteiger partial charge in [-0.15, -0.1) is 16.4 Å². The van der Waals surface area contributed by atoms with E-state index in [0.29, 0.717) is 11.6 Å². The van der Waals surface area contributed by atoms with Crippen molar-refractivity contribution in [3.8, 4) is 0 Å². The molecule has 0 aliphatic carbocycles. The summed E-state index contributed by atoms with van der Waals surface area (Å²) in [5, 5.41) is 13.4. The third kappa shape index (κ3) is 5.28. The van der Waals surface area contributed by atoms with E-state index in [1.807, 2.05) is 17.5 Å². The van der Waals surface area contributed by atoms with Crippen molar-refractivity contribution in [2.24, 2.45) is 10.2 Å². The van der Waals surface area contributed by atoms with Crippen molar-refractivity contribution in [2.45, 2.75) is 37.9 Å². The van der Waals surface area contributed by atoms with Gasteiger partial charge in [0.15, 0.2) is 5.17 Å². The number of thioether (sulfide) groups is 1. The van der Waals surface area contributed by atoms with E-state index in [9.17, 15) is 4.79 Å². The smallest absolute Gasteiger partial charge is 0.239 e. The first kappa shape index (κ1) is 17.9. The largest absolute Gasteiger partial charge is 0.303 e. The fraction of sp³-hybridized carbons (Fsp3) is 0.316. The van der Waals surface area contributed by atoms with Crippen LogP contribution in [0.3, 0.4) is 0 Å². The van der Waals surface area contributed by atoms with Gasteiger partial charge in [0.1, 0.15) is 0 Å². The van der Waals surface area contributed by atoms with Crippen molar-refractivity contribution in [2.75, 3.05) is 0 Å². The molecule has 1 aromatic heterocycles. The number of amidine groups is 1. The molecule has 0 saturated carbocycles. The van der Waals surface area contributed by atoms with Gasteiger partial charge in [0.25, 0.3) is 0 Å². The average molecular weight is 372 g/mol. The third-order valence-electron chi connectivity index (χ3n) is 3.92. The molecule has 1 aliphatic heterocycles. The molecule has 1 unspecified atom stereocenters. The van der Waals surface area contributed by atoms with Gasteiger partial charge in [-0.25, -0.2) is 0 Å². The lowest BCUT2D eigenvalue weighted by atomic mass is 10.0. The molecule has 1 fully saturated rings. The highest BCUT2D eigenvalue weighted by Crippen LogP contribution is 2.23. The molecule has 0 spiro atoms. The molecule has 2 heterocycles. The van der Waals surface area contributed by atoms with Crippen LogP contribution in [-0.2, 0) is 17.6 Å². The molecule has 6 heteroatoms.